The van der Waals surface area contributed by atoms with Gasteiger partial charge in [-0.15, -0.1) is 0 Å². The molecule has 44 heteroatoms. The molecule has 0 aromatic heterocycles. The van der Waals surface area contributed by atoms with Crippen LogP contribution in [0.3, 0.4) is 0 Å². The van der Waals surface area contributed by atoms with Crippen LogP contribution in [0.2, 0.25) is 0 Å². The lowest BCUT2D eigenvalue weighted by Crippen LogP contribution is -1.84. The van der Waals surface area contributed by atoms with Crippen molar-refractivity contribution in [1.82, 2.24) is 0 Å². The van der Waals surface area contributed by atoms with Crippen molar-refractivity contribution in [1.29, 1.82) is 0 Å². The third-order valence-electron chi connectivity index (χ3n) is 0.213. The van der Waals surface area contributed by atoms with E-state index in [0.717, 1.165) is 0 Å². The van der Waals surface area contributed by atoms with Gasteiger partial charge in [-0.2, -0.15) is 4.31 Å². The van der Waals surface area contributed by atoms with Crippen LogP contribution in [0, 0.1) is 0 Å². The maximum atomic E-state index is 9.63. The fourth-order valence-corrected chi connectivity index (χ4v) is 1.25. The molecule has 0 aliphatic carbocycles. The molecular weight excluding hydrogens is 839 g/mol. The highest BCUT2D eigenvalue weighted by molar-refractivity contribution is 7.60. The summed E-state index contributed by atoms with van der Waals surface area (Å²) in [7, 11) is -42.6. The lowest BCUT2D eigenvalue weighted by molar-refractivity contribution is 0.224. The lowest BCUT2D eigenvalue weighted by atomic mass is 15.7. The molecule has 0 amide bonds. The third-order valence-corrected chi connectivity index (χ3v) is 1.91. The summed E-state index contributed by atoms with van der Waals surface area (Å²) in [6, 6.07) is 0. The van der Waals surface area contributed by atoms with Gasteiger partial charge in [-0.05, 0) is 0 Å². The first kappa shape index (κ1) is 63.7. The van der Waals surface area contributed by atoms with Gasteiger partial charge in [-0.3, -0.25) is 0 Å². The van der Waals surface area contributed by atoms with E-state index in [1.54, 1.807) is 0 Å². The molecule has 0 spiro atoms. The molecule has 35 nitrogen and oxygen atoms in total. The summed E-state index contributed by atoms with van der Waals surface area (Å²) in [6.07, 6.45) is 0. The zero-order valence-corrected chi connectivity index (χ0v) is 27.3. The number of phosphoric acid groups is 9. The van der Waals surface area contributed by atoms with E-state index in [2.05, 4.69) is 4.31 Å². The largest absolute Gasteiger partial charge is 0.478 e. The molecule has 0 radical (unpaired) electrons. The van der Waals surface area contributed by atoms with Crippen molar-refractivity contribution in [3.63, 3.8) is 0 Å². The Morgan fingerprint density at radius 3 is 0.250 bits per heavy atom. The Bertz CT molecular complexity index is 834. The Balaban J connectivity index is -0.0000000568. The van der Waals surface area contributed by atoms with Crippen LogP contribution in [0.5, 0.6) is 0 Å². The standard InChI is InChI=1S/H4O7P2.7H3O4P/c1-8(2,3)7-9(4,5)6;7*1-5(2,3)4/h(H2,1,2,3)(H2,4,5,6);7*(H3,1,2,3,4). The van der Waals surface area contributed by atoms with Crippen molar-refractivity contribution in [2.45, 2.75) is 0 Å². The summed E-state index contributed by atoms with van der Waals surface area (Å²) in [5, 5.41) is 0. The quantitative estimate of drug-likeness (QED) is 0.115. The highest BCUT2D eigenvalue weighted by Gasteiger charge is 2.27. The summed E-state index contributed by atoms with van der Waals surface area (Å²) in [5.41, 5.74) is 0. The lowest BCUT2D eigenvalue weighted by Gasteiger charge is -2.03. The van der Waals surface area contributed by atoms with Crippen LogP contribution >= 0.6 is 70.4 Å². The molecule has 0 atom stereocenters. The molecule has 0 saturated carbocycles. The Labute approximate surface area is 238 Å². The van der Waals surface area contributed by atoms with Crippen LogP contribution in [0.15, 0.2) is 0 Å². The molecule has 0 unspecified atom stereocenters. The zero-order valence-electron chi connectivity index (χ0n) is 19.3. The fraction of sp³-hybridized carbons (Fsp3) is 0. The molecule has 0 aromatic carbocycles. The molecule has 25 N–H and O–H groups in total. The van der Waals surface area contributed by atoms with Crippen LogP contribution in [0.1, 0.15) is 0 Å². The van der Waals surface area contributed by atoms with Crippen LogP contribution in [-0.4, -0.2) is 122 Å². The first-order valence-electron chi connectivity index (χ1n) is 7.01. The van der Waals surface area contributed by atoms with E-state index in [1.807, 2.05) is 0 Å². The van der Waals surface area contributed by atoms with Gasteiger partial charge >= 0.3 is 70.4 Å². The van der Waals surface area contributed by atoms with Crippen LogP contribution in [-0.2, 0) is 45.4 Å². The highest BCUT2D eigenvalue weighted by atomic mass is 31.3. The maximum absolute atomic E-state index is 9.63. The van der Waals surface area contributed by atoms with Crippen LogP contribution in [0.4, 0.5) is 0 Å². The van der Waals surface area contributed by atoms with Gasteiger partial charge in [0.05, 0.1) is 0 Å². The molecule has 0 heterocycles. The van der Waals surface area contributed by atoms with E-state index in [1.165, 1.54) is 0 Å². The molecule has 0 saturated heterocycles. The van der Waals surface area contributed by atoms with Gasteiger partial charge < -0.3 is 122 Å². The monoisotopic (exact) mass is 864 g/mol. The fourth-order valence-electron chi connectivity index (χ4n) is 0.139. The maximum Gasteiger partial charge on any atom is 0.478 e. The van der Waals surface area contributed by atoms with Gasteiger partial charge in [-0.25, -0.2) is 41.1 Å². The normalized spacial score (nSPS) is 12.2. The average molecular weight is 864 g/mol. The summed E-state index contributed by atoms with van der Waals surface area (Å²) in [4.78, 5) is 182. The van der Waals surface area contributed by atoms with Crippen molar-refractivity contribution >= 4 is 70.4 Å². The summed E-state index contributed by atoms with van der Waals surface area (Å²) in [6.45, 7) is 0. The van der Waals surface area contributed by atoms with Gasteiger partial charge in [-0.1, -0.05) is 0 Å². The first-order valence-corrected chi connectivity index (χ1v) is 21.0. The molecule has 44 heavy (non-hydrogen) atoms. The Hall–Kier alpha value is 1.03. The molecular formula is H25O35P9. The van der Waals surface area contributed by atoms with E-state index < -0.39 is 70.4 Å². The van der Waals surface area contributed by atoms with Gasteiger partial charge in [0.25, 0.3) is 0 Å². The minimum absolute atomic E-state index is 2.96. The van der Waals surface area contributed by atoms with Crippen molar-refractivity contribution in [3.05, 3.63) is 0 Å². The zero-order chi connectivity index (χ0) is 39.2. The summed E-state index contributed by atoms with van der Waals surface area (Å²) in [5.74, 6) is 0. The molecule has 0 fully saturated rings. The second-order valence-electron chi connectivity index (χ2n) is 4.66. The number of hydrogen-bond acceptors (Lipinski definition) is 10. The topological polar surface area (TPSA) is 669 Å². The SMILES string of the molecule is O=P(O)(O)O.O=P(O)(O)O.O=P(O)(O)O.O=P(O)(O)O.O=P(O)(O)O.O=P(O)(O)O.O=P(O)(O)O.O=P(O)(O)OP(=O)(O)O. The van der Waals surface area contributed by atoms with Crippen molar-refractivity contribution in [2.75, 3.05) is 0 Å². The van der Waals surface area contributed by atoms with E-state index in [0.29, 0.717) is 0 Å². The summed E-state index contributed by atoms with van der Waals surface area (Å²) >= 11 is 0. The second-order valence-corrected chi connectivity index (χ2v) is 14.5. The van der Waals surface area contributed by atoms with E-state index >= 15 is 0 Å². The molecule has 0 rings (SSSR count). The minimum atomic E-state index is -5.05. The smallest absolute Gasteiger partial charge is 0.303 e. The van der Waals surface area contributed by atoms with E-state index in [4.69, 9.17) is 154 Å². The van der Waals surface area contributed by atoms with Crippen LogP contribution in [0.25, 0.3) is 0 Å². The van der Waals surface area contributed by atoms with E-state index in [-0.39, 0.29) is 0 Å². The van der Waals surface area contributed by atoms with Gasteiger partial charge in [0.2, 0.25) is 0 Å². The number of rotatable bonds is 2. The predicted molar refractivity (Wildman–Crippen MR) is 125 cm³/mol. The van der Waals surface area contributed by atoms with Gasteiger partial charge in [0, 0.05) is 0 Å². The molecule has 0 aliphatic rings. The van der Waals surface area contributed by atoms with Crippen LogP contribution < -0.4 is 0 Å². The van der Waals surface area contributed by atoms with Crippen molar-refractivity contribution in [3.8, 4) is 0 Å². The molecule has 0 bridgehead atoms. The van der Waals surface area contributed by atoms with Crippen molar-refractivity contribution in [2.24, 2.45) is 0 Å². The third kappa shape index (κ3) is 1540. The predicted octanol–water partition coefficient (Wildman–Crippen LogP) is -7.31. The molecule has 0 aromatic rings. The molecule has 280 valence electrons. The minimum Gasteiger partial charge on any atom is -0.303 e. The van der Waals surface area contributed by atoms with E-state index in [9.17, 15) is 9.13 Å². The summed E-state index contributed by atoms with van der Waals surface area (Å²) < 4.78 is 84.4. The number of hydrogen-bond donors (Lipinski definition) is 25. The Morgan fingerprint density at radius 1 is 0.205 bits per heavy atom. The Kier molecular flexibility index (Phi) is 37.6. The molecule has 0 aliphatic heterocycles. The highest BCUT2D eigenvalue weighted by Crippen LogP contribution is 2.53. The average Bonchev–Trinajstić information content (AvgIpc) is 2.26. The van der Waals surface area contributed by atoms with Gasteiger partial charge in [0.1, 0.15) is 0 Å². The van der Waals surface area contributed by atoms with Crippen molar-refractivity contribution < 1.29 is 168 Å². The first-order chi connectivity index (χ1) is 17.7. The van der Waals surface area contributed by atoms with Gasteiger partial charge in [0.15, 0.2) is 0 Å². The second kappa shape index (κ2) is 26.0. The Morgan fingerprint density at radius 2 is 0.250 bits per heavy atom.